The van der Waals surface area contributed by atoms with Gasteiger partial charge in [0.05, 0.1) is 16.2 Å². The fraction of sp³-hybridized carbons (Fsp3) is 0.364. The van der Waals surface area contributed by atoms with E-state index in [4.69, 9.17) is 0 Å². The summed E-state index contributed by atoms with van der Waals surface area (Å²) in [5, 5.41) is 5.06. The molecule has 1 aliphatic rings. The Morgan fingerprint density at radius 3 is 2.93 bits per heavy atom. The van der Waals surface area contributed by atoms with Gasteiger partial charge < -0.3 is 0 Å². The molecule has 4 heteroatoms. The van der Waals surface area contributed by atoms with Crippen molar-refractivity contribution in [2.45, 2.75) is 18.8 Å². The van der Waals surface area contributed by atoms with Crippen molar-refractivity contribution < 1.29 is 4.39 Å². The number of benzene rings is 1. The number of hydrogen-bond donors (Lipinski definition) is 0. The highest BCUT2D eigenvalue weighted by Gasteiger charge is 2.28. The van der Waals surface area contributed by atoms with E-state index in [9.17, 15) is 4.39 Å². The first-order valence-electron chi connectivity index (χ1n) is 4.98. The van der Waals surface area contributed by atoms with E-state index in [0.29, 0.717) is 10.4 Å². The minimum absolute atomic E-state index is 0.183. The molecule has 1 aromatic carbocycles. The summed E-state index contributed by atoms with van der Waals surface area (Å²) in [6.45, 7) is 0. The van der Waals surface area contributed by atoms with Crippen molar-refractivity contribution in [3.63, 3.8) is 0 Å². The van der Waals surface area contributed by atoms with Crippen LogP contribution in [0.1, 0.15) is 24.3 Å². The van der Waals surface area contributed by atoms with Gasteiger partial charge in [-0.2, -0.15) is 5.10 Å². The van der Waals surface area contributed by atoms with E-state index in [2.05, 4.69) is 21.0 Å². The number of rotatable bonds is 1. The van der Waals surface area contributed by atoms with Crippen molar-refractivity contribution in [1.82, 2.24) is 9.78 Å². The third-order valence-electron chi connectivity index (χ3n) is 2.96. The Morgan fingerprint density at radius 1 is 1.53 bits per heavy atom. The van der Waals surface area contributed by atoms with Crippen LogP contribution in [0.15, 0.2) is 16.7 Å². The zero-order valence-electron chi connectivity index (χ0n) is 8.30. The maximum atomic E-state index is 13.6. The molecule has 0 amide bonds. The summed E-state index contributed by atoms with van der Waals surface area (Å²) >= 11 is 3.27. The van der Waals surface area contributed by atoms with Crippen LogP contribution >= 0.6 is 15.9 Å². The second kappa shape index (κ2) is 3.04. The summed E-state index contributed by atoms with van der Waals surface area (Å²) in [5.74, 6) is 0.350. The highest BCUT2D eigenvalue weighted by atomic mass is 79.9. The molecule has 78 valence electrons. The van der Waals surface area contributed by atoms with Crippen molar-refractivity contribution in [2.24, 2.45) is 7.05 Å². The van der Waals surface area contributed by atoms with Crippen molar-refractivity contribution >= 4 is 26.8 Å². The molecule has 0 aliphatic heterocycles. The van der Waals surface area contributed by atoms with Gasteiger partial charge >= 0.3 is 0 Å². The fourth-order valence-corrected chi connectivity index (χ4v) is 2.45. The Balaban J connectivity index is 2.42. The topological polar surface area (TPSA) is 17.8 Å². The molecule has 2 nitrogen and oxygen atoms in total. The molecule has 0 N–H and O–H groups in total. The number of hydrogen-bond acceptors (Lipinski definition) is 1. The van der Waals surface area contributed by atoms with Crippen LogP contribution in [0.3, 0.4) is 0 Å². The van der Waals surface area contributed by atoms with E-state index in [-0.39, 0.29) is 5.82 Å². The summed E-state index contributed by atoms with van der Waals surface area (Å²) in [4.78, 5) is 0. The van der Waals surface area contributed by atoms with Gasteiger partial charge in [0.25, 0.3) is 0 Å². The highest BCUT2D eigenvalue weighted by molar-refractivity contribution is 9.10. The van der Waals surface area contributed by atoms with Crippen LogP contribution in [0, 0.1) is 5.82 Å². The van der Waals surface area contributed by atoms with Gasteiger partial charge in [-0.3, -0.25) is 4.68 Å². The van der Waals surface area contributed by atoms with Crippen LogP contribution in [-0.2, 0) is 7.05 Å². The fourth-order valence-electron chi connectivity index (χ4n) is 2.04. The Hall–Kier alpha value is -0.900. The lowest BCUT2D eigenvalue weighted by Gasteiger charge is -2.05. The molecular formula is C11H10BrFN2. The molecule has 3 rings (SSSR count). The van der Waals surface area contributed by atoms with Gasteiger partial charge in [-0.25, -0.2) is 4.39 Å². The second-order valence-electron chi connectivity index (χ2n) is 4.07. The summed E-state index contributed by atoms with van der Waals surface area (Å²) in [7, 11) is 1.90. The van der Waals surface area contributed by atoms with Gasteiger partial charge in [0.15, 0.2) is 0 Å². The van der Waals surface area contributed by atoms with Crippen LogP contribution in [0.25, 0.3) is 10.9 Å². The van der Waals surface area contributed by atoms with Crippen molar-refractivity contribution in [1.29, 1.82) is 0 Å². The lowest BCUT2D eigenvalue weighted by atomic mass is 10.1. The predicted octanol–water partition coefficient (Wildman–Crippen LogP) is 3.35. The van der Waals surface area contributed by atoms with Gasteiger partial charge in [0, 0.05) is 12.4 Å². The molecule has 1 heterocycles. The van der Waals surface area contributed by atoms with E-state index in [0.717, 1.165) is 16.5 Å². The van der Waals surface area contributed by atoms with E-state index >= 15 is 0 Å². The Labute approximate surface area is 95.2 Å². The molecular weight excluding hydrogens is 259 g/mol. The molecule has 0 saturated heterocycles. The molecule has 1 fully saturated rings. The number of fused-ring (bicyclic) bond motifs is 1. The SMILES string of the molecule is Cn1ncc2c(Br)c(F)cc(C3CC3)c21. The zero-order valence-corrected chi connectivity index (χ0v) is 9.88. The average Bonchev–Trinajstić information content (AvgIpc) is 2.97. The third-order valence-corrected chi connectivity index (χ3v) is 3.76. The van der Waals surface area contributed by atoms with Crippen LogP contribution in [0.4, 0.5) is 4.39 Å². The molecule has 1 aromatic heterocycles. The maximum Gasteiger partial charge on any atom is 0.138 e. The minimum Gasteiger partial charge on any atom is -0.268 e. The Kier molecular flexibility index (Phi) is 1.89. The highest BCUT2D eigenvalue weighted by Crippen LogP contribution is 2.44. The minimum atomic E-state index is -0.183. The smallest absolute Gasteiger partial charge is 0.138 e. The van der Waals surface area contributed by atoms with Crippen LogP contribution in [-0.4, -0.2) is 9.78 Å². The molecule has 0 bridgehead atoms. The van der Waals surface area contributed by atoms with Gasteiger partial charge in [0.1, 0.15) is 5.82 Å². The summed E-state index contributed by atoms with van der Waals surface area (Å²) in [6.07, 6.45) is 4.05. The van der Waals surface area contributed by atoms with E-state index in [1.54, 1.807) is 12.3 Å². The normalized spacial score (nSPS) is 16.2. The molecule has 0 atom stereocenters. The molecule has 1 saturated carbocycles. The predicted molar refractivity (Wildman–Crippen MR) is 60.3 cm³/mol. The van der Waals surface area contributed by atoms with Crippen LogP contribution < -0.4 is 0 Å². The van der Waals surface area contributed by atoms with Gasteiger partial charge in [0.2, 0.25) is 0 Å². The largest absolute Gasteiger partial charge is 0.268 e. The standard InChI is InChI=1S/C11H10BrFN2/c1-15-11-7(6-2-3-6)4-9(13)10(12)8(11)5-14-15/h4-6H,2-3H2,1H3. The molecule has 0 radical (unpaired) electrons. The van der Waals surface area contributed by atoms with Gasteiger partial charge in [-0.1, -0.05) is 0 Å². The summed E-state index contributed by atoms with van der Waals surface area (Å²) in [6, 6.07) is 1.64. The lowest BCUT2D eigenvalue weighted by Crippen LogP contribution is -1.95. The van der Waals surface area contributed by atoms with E-state index in [1.165, 1.54) is 12.8 Å². The number of nitrogens with zero attached hydrogens (tertiary/aromatic N) is 2. The lowest BCUT2D eigenvalue weighted by molar-refractivity contribution is 0.621. The first-order valence-corrected chi connectivity index (χ1v) is 5.77. The average molecular weight is 269 g/mol. The first-order chi connectivity index (χ1) is 7.18. The van der Waals surface area contributed by atoms with Crippen molar-refractivity contribution in [3.05, 3.63) is 28.1 Å². The second-order valence-corrected chi connectivity index (χ2v) is 4.86. The monoisotopic (exact) mass is 268 g/mol. The zero-order chi connectivity index (χ0) is 10.6. The number of halogens is 2. The molecule has 15 heavy (non-hydrogen) atoms. The van der Waals surface area contributed by atoms with Crippen molar-refractivity contribution in [2.75, 3.05) is 0 Å². The Morgan fingerprint density at radius 2 is 2.27 bits per heavy atom. The third kappa shape index (κ3) is 1.31. The first kappa shape index (κ1) is 9.33. The van der Waals surface area contributed by atoms with Gasteiger partial charge in [-0.05, 0) is 46.3 Å². The van der Waals surface area contributed by atoms with Crippen LogP contribution in [0.2, 0.25) is 0 Å². The number of aryl methyl sites for hydroxylation is 1. The molecule has 2 aromatic rings. The maximum absolute atomic E-state index is 13.6. The summed E-state index contributed by atoms with van der Waals surface area (Å²) in [5.41, 5.74) is 2.16. The number of aromatic nitrogens is 2. The quantitative estimate of drug-likeness (QED) is 0.776. The molecule has 0 unspecified atom stereocenters. The van der Waals surface area contributed by atoms with Crippen LogP contribution in [0.5, 0.6) is 0 Å². The van der Waals surface area contributed by atoms with E-state index in [1.807, 2.05) is 11.7 Å². The Bertz CT molecular complexity index is 543. The van der Waals surface area contributed by atoms with Gasteiger partial charge in [-0.15, -0.1) is 0 Å². The summed E-state index contributed by atoms with van der Waals surface area (Å²) < 4.78 is 16.0. The van der Waals surface area contributed by atoms with E-state index < -0.39 is 0 Å². The molecule has 1 aliphatic carbocycles. The molecule has 0 spiro atoms. The van der Waals surface area contributed by atoms with Crippen molar-refractivity contribution in [3.8, 4) is 0 Å².